The molecule has 1 aliphatic heterocycles. The van der Waals surface area contributed by atoms with Gasteiger partial charge >= 0.3 is 0 Å². The van der Waals surface area contributed by atoms with Crippen LogP contribution >= 0.6 is 0 Å². The molecule has 1 heterocycles. The van der Waals surface area contributed by atoms with Crippen LogP contribution in [-0.2, 0) is 4.79 Å². The van der Waals surface area contributed by atoms with Gasteiger partial charge in [-0.25, -0.2) is 0 Å². The van der Waals surface area contributed by atoms with Crippen molar-refractivity contribution in [1.82, 2.24) is 4.90 Å². The fraction of sp³-hybridized carbons (Fsp3) is 0.929. The Labute approximate surface area is 105 Å². The molecule has 2 fully saturated rings. The number of carbonyl (C=O) groups is 1. The van der Waals surface area contributed by atoms with Crippen molar-refractivity contribution in [3.63, 3.8) is 0 Å². The number of carbonyl (C=O) groups excluding carboxylic acids is 1. The maximum Gasteiger partial charge on any atom is 0.230 e. The minimum Gasteiger partial charge on any atom is -0.342 e. The minimum absolute atomic E-state index is 0.175. The van der Waals surface area contributed by atoms with Crippen molar-refractivity contribution in [2.75, 3.05) is 19.6 Å². The molecule has 0 aromatic carbocycles. The van der Waals surface area contributed by atoms with Gasteiger partial charge in [-0.1, -0.05) is 19.8 Å². The topological polar surface area (TPSA) is 46.3 Å². The quantitative estimate of drug-likeness (QED) is 0.819. The highest BCUT2D eigenvalue weighted by Crippen LogP contribution is 2.42. The molecule has 0 aromatic heterocycles. The van der Waals surface area contributed by atoms with Gasteiger partial charge in [0.1, 0.15) is 0 Å². The Morgan fingerprint density at radius 1 is 1.29 bits per heavy atom. The first kappa shape index (κ1) is 12.9. The standard InChI is InChI=1S/C14H26N2O/c1-2-12-5-3-9-16(10-6-12)13(17)14(11-15)7-4-8-14/h12H,2-11,15H2,1H3. The largest absolute Gasteiger partial charge is 0.342 e. The molecule has 0 bridgehead atoms. The highest BCUT2D eigenvalue weighted by Gasteiger charge is 2.45. The fourth-order valence-electron chi connectivity index (χ4n) is 3.22. The number of amides is 1. The minimum atomic E-state index is -0.175. The van der Waals surface area contributed by atoms with Crippen molar-refractivity contribution in [2.24, 2.45) is 17.1 Å². The van der Waals surface area contributed by atoms with Crippen LogP contribution in [0, 0.1) is 11.3 Å². The maximum atomic E-state index is 12.5. The van der Waals surface area contributed by atoms with E-state index in [1.807, 2.05) is 0 Å². The average Bonchev–Trinajstić information content (AvgIpc) is 2.53. The summed E-state index contributed by atoms with van der Waals surface area (Å²) < 4.78 is 0. The van der Waals surface area contributed by atoms with Gasteiger partial charge in [0.2, 0.25) is 5.91 Å². The van der Waals surface area contributed by atoms with Crippen LogP contribution in [0.25, 0.3) is 0 Å². The molecule has 3 heteroatoms. The van der Waals surface area contributed by atoms with E-state index < -0.39 is 0 Å². The van der Waals surface area contributed by atoms with Crippen molar-refractivity contribution in [3.8, 4) is 0 Å². The molecule has 1 saturated heterocycles. The lowest BCUT2D eigenvalue weighted by molar-refractivity contribution is -0.146. The van der Waals surface area contributed by atoms with Gasteiger partial charge in [0.05, 0.1) is 5.41 Å². The van der Waals surface area contributed by atoms with Gasteiger partial charge in [0.15, 0.2) is 0 Å². The van der Waals surface area contributed by atoms with E-state index in [0.717, 1.165) is 31.8 Å². The lowest BCUT2D eigenvalue weighted by Crippen LogP contribution is -2.52. The van der Waals surface area contributed by atoms with Crippen LogP contribution in [0.15, 0.2) is 0 Å². The van der Waals surface area contributed by atoms with Gasteiger partial charge in [0, 0.05) is 19.6 Å². The Morgan fingerprint density at radius 2 is 2.06 bits per heavy atom. The van der Waals surface area contributed by atoms with Crippen molar-refractivity contribution >= 4 is 5.91 Å². The molecule has 98 valence electrons. The Balaban J connectivity index is 1.95. The number of hydrogen-bond acceptors (Lipinski definition) is 2. The molecule has 2 rings (SSSR count). The average molecular weight is 238 g/mol. The summed E-state index contributed by atoms with van der Waals surface area (Å²) in [6.45, 7) is 4.71. The van der Waals surface area contributed by atoms with Crippen LogP contribution in [0.4, 0.5) is 0 Å². The molecule has 1 aliphatic carbocycles. The van der Waals surface area contributed by atoms with Crippen LogP contribution < -0.4 is 5.73 Å². The highest BCUT2D eigenvalue weighted by molar-refractivity contribution is 5.84. The van der Waals surface area contributed by atoms with Crippen LogP contribution in [0.2, 0.25) is 0 Å². The van der Waals surface area contributed by atoms with Crippen molar-refractivity contribution < 1.29 is 4.79 Å². The second kappa shape index (κ2) is 5.38. The van der Waals surface area contributed by atoms with E-state index in [0.29, 0.717) is 12.5 Å². The lowest BCUT2D eigenvalue weighted by atomic mass is 9.68. The van der Waals surface area contributed by atoms with Gasteiger partial charge < -0.3 is 10.6 Å². The Morgan fingerprint density at radius 3 is 2.59 bits per heavy atom. The molecule has 0 aromatic rings. The van der Waals surface area contributed by atoms with E-state index in [4.69, 9.17) is 5.73 Å². The molecule has 0 spiro atoms. The number of hydrogen-bond donors (Lipinski definition) is 1. The predicted octanol–water partition coefficient (Wildman–Crippen LogP) is 2.15. The fourth-order valence-corrected chi connectivity index (χ4v) is 3.22. The molecule has 17 heavy (non-hydrogen) atoms. The van der Waals surface area contributed by atoms with Crippen LogP contribution in [-0.4, -0.2) is 30.4 Å². The lowest BCUT2D eigenvalue weighted by Gasteiger charge is -2.42. The predicted molar refractivity (Wildman–Crippen MR) is 69.6 cm³/mol. The first-order chi connectivity index (χ1) is 8.22. The van der Waals surface area contributed by atoms with Gasteiger partial charge in [0.25, 0.3) is 0 Å². The van der Waals surface area contributed by atoms with E-state index in [1.165, 1.54) is 32.1 Å². The molecule has 3 nitrogen and oxygen atoms in total. The zero-order chi connectivity index (χ0) is 12.3. The zero-order valence-corrected chi connectivity index (χ0v) is 11.1. The van der Waals surface area contributed by atoms with Crippen LogP contribution in [0.5, 0.6) is 0 Å². The van der Waals surface area contributed by atoms with Crippen molar-refractivity contribution in [1.29, 1.82) is 0 Å². The summed E-state index contributed by atoms with van der Waals surface area (Å²) in [4.78, 5) is 14.6. The second-order valence-electron chi connectivity index (χ2n) is 5.84. The van der Waals surface area contributed by atoms with E-state index in [1.54, 1.807) is 0 Å². The summed E-state index contributed by atoms with van der Waals surface area (Å²) in [6.07, 6.45) is 8.09. The second-order valence-corrected chi connectivity index (χ2v) is 5.84. The summed E-state index contributed by atoms with van der Waals surface area (Å²) in [5, 5.41) is 0. The molecular weight excluding hydrogens is 212 g/mol. The number of nitrogens with two attached hydrogens (primary N) is 1. The Kier molecular flexibility index (Phi) is 4.08. The SMILES string of the molecule is CCC1CCCN(C(=O)C2(CN)CCC2)CC1. The van der Waals surface area contributed by atoms with Crippen molar-refractivity contribution in [2.45, 2.75) is 51.9 Å². The van der Waals surface area contributed by atoms with Gasteiger partial charge in [-0.15, -0.1) is 0 Å². The summed E-state index contributed by atoms with van der Waals surface area (Å²) in [5.74, 6) is 1.17. The summed E-state index contributed by atoms with van der Waals surface area (Å²) in [7, 11) is 0. The number of rotatable bonds is 3. The molecule has 1 atom stereocenters. The van der Waals surface area contributed by atoms with E-state index >= 15 is 0 Å². The summed E-state index contributed by atoms with van der Waals surface area (Å²) >= 11 is 0. The third kappa shape index (κ3) is 2.49. The molecular formula is C14H26N2O. The molecule has 0 radical (unpaired) electrons. The monoisotopic (exact) mass is 238 g/mol. The summed E-state index contributed by atoms with van der Waals surface area (Å²) in [5.41, 5.74) is 5.65. The smallest absolute Gasteiger partial charge is 0.230 e. The Hall–Kier alpha value is -0.570. The first-order valence-corrected chi connectivity index (χ1v) is 7.21. The maximum absolute atomic E-state index is 12.5. The molecule has 2 N–H and O–H groups in total. The Bertz CT molecular complexity index is 268. The zero-order valence-electron chi connectivity index (χ0n) is 11.1. The van der Waals surface area contributed by atoms with Crippen molar-refractivity contribution in [3.05, 3.63) is 0 Å². The van der Waals surface area contributed by atoms with E-state index in [9.17, 15) is 4.79 Å². The number of likely N-dealkylation sites (tertiary alicyclic amines) is 1. The molecule has 1 unspecified atom stereocenters. The van der Waals surface area contributed by atoms with E-state index in [2.05, 4.69) is 11.8 Å². The van der Waals surface area contributed by atoms with Gasteiger partial charge in [-0.05, 0) is 38.0 Å². The molecule has 1 amide bonds. The van der Waals surface area contributed by atoms with Crippen LogP contribution in [0.1, 0.15) is 51.9 Å². The normalized spacial score (nSPS) is 28.4. The molecule has 1 saturated carbocycles. The third-order valence-electron chi connectivity index (χ3n) is 4.87. The third-order valence-corrected chi connectivity index (χ3v) is 4.87. The van der Waals surface area contributed by atoms with Gasteiger partial charge in [-0.2, -0.15) is 0 Å². The van der Waals surface area contributed by atoms with Crippen LogP contribution in [0.3, 0.4) is 0 Å². The first-order valence-electron chi connectivity index (χ1n) is 7.21. The number of nitrogens with zero attached hydrogens (tertiary/aromatic N) is 1. The summed E-state index contributed by atoms with van der Waals surface area (Å²) in [6, 6.07) is 0. The highest BCUT2D eigenvalue weighted by atomic mass is 16.2. The molecule has 2 aliphatic rings. The van der Waals surface area contributed by atoms with Gasteiger partial charge in [-0.3, -0.25) is 4.79 Å². The van der Waals surface area contributed by atoms with E-state index in [-0.39, 0.29) is 5.41 Å².